The average Bonchev–Trinajstić information content (AvgIpc) is 1.91. The maximum atomic E-state index is 10.1. The van der Waals surface area contributed by atoms with Gasteiger partial charge in [0.2, 0.25) is 0 Å². The minimum Gasteiger partial charge on any atom is -0.433 e. The lowest BCUT2D eigenvalue weighted by Crippen LogP contribution is -2.10. The van der Waals surface area contributed by atoms with Crippen LogP contribution in [0.25, 0.3) is 0 Å². The van der Waals surface area contributed by atoms with E-state index in [-0.39, 0.29) is 0 Å². The highest BCUT2D eigenvalue weighted by Gasteiger charge is 1.97. The van der Waals surface area contributed by atoms with Crippen LogP contribution in [-0.2, 0) is 9.53 Å². The van der Waals surface area contributed by atoms with E-state index in [2.05, 4.69) is 24.5 Å². The molecule has 1 atom stereocenters. The van der Waals surface area contributed by atoms with E-state index in [1.54, 1.807) is 0 Å². The second kappa shape index (κ2) is 7.91. The zero-order valence-electron chi connectivity index (χ0n) is 6.04. The molecule has 0 amide bonds. The van der Waals surface area contributed by atoms with Crippen LogP contribution < -0.4 is 0 Å². The quantitative estimate of drug-likeness (QED) is 0.270. The van der Waals surface area contributed by atoms with Crippen LogP contribution in [0.4, 0.5) is 0 Å². The molecular weight excluding hydrogens is 132 g/mol. The number of esters is 1. The second-order valence-electron chi connectivity index (χ2n) is 1.24. The predicted octanol–water partition coefficient (Wildman–Crippen LogP) is 0.856. The van der Waals surface area contributed by atoms with Crippen molar-refractivity contribution in [3.8, 4) is 0 Å². The van der Waals surface area contributed by atoms with Gasteiger partial charge in [0, 0.05) is 6.08 Å². The van der Waals surface area contributed by atoms with Gasteiger partial charge in [-0.15, -0.1) is 13.2 Å². The van der Waals surface area contributed by atoms with Gasteiger partial charge >= 0.3 is 5.97 Å². The molecule has 3 nitrogen and oxygen atoms in total. The predicted molar refractivity (Wildman–Crippen MR) is 39.2 cm³/mol. The van der Waals surface area contributed by atoms with Crippen molar-refractivity contribution in [2.75, 3.05) is 0 Å². The summed E-state index contributed by atoms with van der Waals surface area (Å²) in [7, 11) is 0. The summed E-state index contributed by atoms with van der Waals surface area (Å²) < 4.78 is 4.20. The standard InChI is InChI=1S/C5H8O3.C2H4/c1-3-5(7)8-4(2)6;1-2/h3-4,6H,1H2,2H3;1-2H2. The van der Waals surface area contributed by atoms with Gasteiger partial charge in [0.05, 0.1) is 0 Å². The fraction of sp³-hybridized carbons (Fsp3) is 0.286. The van der Waals surface area contributed by atoms with E-state index in [0.717, 1.165) is 6.08 Å². The van der Waals surface area contributed by atoms with E-state index in [9.17, 15) is 4.79 Å². The molecule has 0 aromatic carbocycles. The van der Waals surface area contributed by atoms with Crippen molar-refractivity contribution >= 4 is 5.97 Å². The summed E-state index contributed by atoms with van der Waals surface area (Å²) in [6, 6.07) is 0. The number of carbonyl (C=O) groups excluding carboxylic acids is 1. The third kappa shape index (κ3) is 10.0. The third-order valence-electron chi connectivity index (χ3n) is 0.453. The zero-order valence-corrected chi connectivity index (χ0v) is 6.04. The Morgan fingerprint density at radius 2 is 2.10 bits per heavy atom. The maximum absolute atomic E-state index is 10.1. The number of hydrogen-bond donors (Lipinski definition) is 1. The summed E-state index contributed by atoms with van der Waals surface area (Å²) in [4.78, 5) is 10.1. The molecule has 1 N–H and O–H groups in total. The summed E-state index contributed by atoms with van der Waals surface area (Å²) in [5, 5.41) is 8.36. The number of rotatable bonds is 2. The van der Waals surface area contributed by atoms with E-state index < -0.39 is 12.3 Å². The van der Waals surface area contributed by atoms with Gasteiger partial charge in [0.25, 0.3) is 0 Å². The smallest absolute Gasteiger partial charge is 0.332 e. The first-order chi connectivity index (χ1) is 4.66. The van der Waals surface area contributed by atoms with Crippen molar-refractivity contribution in [2.24, 2.45) is 0 Å². The lowest BCUT2D eigenvalue weighted by atomic mass is 10.6. The van der Waals surface area contributed by atoms with Gasteiger partial charge < -0.3 is 9.84 Å². The van der Waals surface area contributed by atoms with E-state index in [1.165, 1.54) is 6.92 Å². The molecule has 0 heterocycles. The van der Waals surface area contributed by atoms with Gasteiger partial charge in [-0.05, 0) is 6.92 Å². The summed E-state index contributed by atoms with van der Waals surface area (Å²) in [5.74, 6) is -0.611. The molecule has 0 bridgehead atoms. The summed E-state index contributed by atoms with van der Waals surface area (Å²) >= 11 is 0. The highest BCUT2D eigenvalue weighted by Crippen LogP contribution is 1.84. The average molecular weight is 144 g/mol. The Kier molecular flexibility index (Phi) is 9.24. The molecule has 0 aromatic rings. The normalized spacial score (nSPS) is 10.2. The summed E-state index contributed by atoms with van der Waals surface area (Å²) in [6.07, 6.45) is -0.0484. The van der Waals surface area contributed by atoms with Gasteiger partial charge in [0.15, 0.2) is 6.29 Å². The fourth-order valence-corrected chi connectivity index (χ4v) is 0.216. The SMILES string of the molecule is C=C.C=CC(=O)OC(C)O. The van der Waals surface area contributed by atoms with Crippen LogP contribution in [-0.4, -0.2) is 17.4 Å². The van der Waals surface area contributed by atoms with Crippen molar-refractivity contribution in [2.45, 2.75) is 13.2 Å². The molecule has 1 unspecified atom stereocenters. The van der Waals surface area contributed by atoms with E-state index in [1.807, 2.05) is 0 Å². The molecule has 0 radical (unpaired) electrons. The monoisotopic (exact) mass is 144 g/mol. The number of hydrogen-bond acceptors (Lipinski definition) is 3. The van der Waals surface area contributed by atoms with Crippen molar-refractivity contribution in [3.05, 3.63) is 25.8 Å². The molecular formula is C7H12O3. The van der Waals surface area contributed by atoms with Gasteiger partial charge in [-0.25, -0.2) is 4.79 Å². The fourth-order valence-electron chi connectivity index (χ4n) is 0.216. The van der Waals surface area contributed by atoms with Crippen LogP contribution >= 0.6 is 0 Å². The molecule has 0 saturated heterocycles. The van der Waals surface area contributed by atoms with Crippen LogP contribution in [0.5, 0.6) is 0 Å². The maximum Gasteiger partial charge on any atom is 0.332 e. The number of ether oxygens (including phenoxy) is 1. The minimum atomic E-state index is -1.04. The Labute approximate surface area is 60.6 Å². The van der Waals surface area contributed by atoms with E-state index in [4.69, 9.17) is 5.11 Å². The van der Waals surface area contributed by atoms with E-state index in [0.29, 0.717) is 0 Å². The van der Waals surface area contributed by atoms with Crippen LogP contribution in [0.3, 0.4) is 0 Å². The Bertz CT molecular complexity index is 107. The van der Waals surface area contributed by atoms with Gasteiger partial charge in [-0.2, -0.15) is 0 Å². The molecule has 0 fully saturated rings. The first-order valence-corrected chi connectivity index (χ1v) is 2.68. The Morgan fingerprint density at radius 1 is 1.70 bits per heavy atom. The molecule has 0 aromatic heterocycles. The van der Waals surface area contributed by atoms with Crippen LogP contribution in [0.15, 0.2) is 25.8 Å². The Hall–Kier alpha value is -1.09. The first-order valence-electron chi connectivity index (χ1n) is 2.68. The van der Waals surface area contributed by atoms with Crippen molar-refractivity contribution in [1.29, 1.82) is 0 Å². The molecule has 0 aliphatic heterocycles. The summed E-state index contributed by atoms with van der Waals surface area (Å²) in [6.45, 7) is 10.5. The van der Waals surface area contributed by atoms with Crippen molar-refractivity contribution in [3.63, 3.8) is 0 Å². The van der Waals surface area contributed by atoms with E-state index >= 15 is 0 Å². The molecule has 10 heavy (non-hydrogen) atoms. The summed E-state index contributed by atoms with van der Waals surface area (Å²) in [5.41, 5.74) is 0. The molecule has 0 saturated carbocycles. The number of aliphatic hydroxyl groups is 1. The minimum absolute atomic E-state index is 0.611. The second-order valence-corrected chi connectivity index (χ2v) is 1.24. The zero-order chi connectivity index (χ0) is 8.57. The lowest BCUT2D eigenvalue weighted by Gasteiger charge is -2.01. The Balaban J connectivity index is 0. The highest BCUT2D eigenvalue weighted by atomic mass is 16.6. The van der Waals surface area contributed by atoms with Gasteiger partial charge in [-0.3, -0.25) is 0 Å². The van der Waals surface area contributed by atoms with Crippen LogP contribution in [0.2, 0.25) is 0 Å². The van der Waals surface area contributed by atoms with Gasteiger partial charge in [0.1, 0.15) is 0 Å². The van der Waals surface area contributed by atoms with Crippen LogP contribution in [0, 0.1) is 0 Å². The molecule has 0 aliphatic rings. The topological polar surface area (TPSA) is 46.5 Å². The van der Waals surface area contributed by atoms with Crippen molar-refractivity contribution < 1.29 is 14.6 Å². The Morgan fingerprint density at radius 3 is 2.20 bits per heavy atom. The molecule has 58 valence electrons. The first kappa shape index (κ1) is 11.7. The largest absolute Gasteiger partial charge is 0.433 e. The lowest BCUT2D eigenvalue weighted by molar-refractivity contribution is -0.158. The van der Waals surface area contributed by atoms with Crippen LogP contribution in [0.1, 0.15) is 6.92 Å². The molecule has 0 rings (SSSR count). The third-order valence-corrected chi connectivity index (χ3v) is 0.453. The van der Waals surface area contributed by atoms with Gasteiger partial charge in [-0.1, -0.05) is 6.58 Å². The van der Waals surface area contributed by atoms with Crippen molar-refractivity contribution in [1.82, 2.24) is 0 Å². The molecule has 3 heteroatoms. The number of aliphatic hydroxyl groups excluding tert-OH is 1. The highest BCUT2D eigenvalue weighted by molar-refractivity contribution is 5.81. The molecule has 0 spiro atoms. The number of carbonyl (C=O) groups is 1. The molecule has 0 aliphatic carbocycles.